The molecule has 16 heavy (non-hydrogen) atoms. The summed E-state index contributed by atoms with van der Waals surface area (Å²) >= 11 is 5.80. The van der Waals surface area contributed by atoms with Crippen LogP contribution in [0.3, 0.4) is 0 Å². The third kappa shape index (κ3) is 2.47. The van der Waals surface area contributed by atoms with Crippen molar-refractivity contribution in [2.45, 2.75) is 19.4 Å². The van der Waals surface area contributed by atoms with Crippen LogP contribution in [-0.4, -0.2) is 34.4 Å². The van der Waals surface area contributed by atoms with Gasteiger partial charge in [0, 0.05) is 12.9 Å². The van der Waals surface area contributed by atoms with Crippen LogP contribution in [0.1, 0.15) is 24.2 Å². The number of para-hydroxylation sites is 1. The summed E-state index contributed by atoms with van der Waals surface area (Å²) in [7, 11) is 1.68. The van der Waals surface area contributed by atoms with E-state index in [9.17, 15) is 9.90 Å². The van der Waals surface area contributed by atoms with E-state index in [0.29, 0.717) is 11.4 Å². The second kappa shape index (κ2) is 4.74. The van der Waals surface area contributed by atoms with Crippen LogP contribution >= 0.6 is 11.6 Å². The van der Waals surface area contributed by atoms with Gasteiger partial charge in [-0.15, -0.1) is 11.6 Å². The molecule has 0 aliphatic carbocycles. The van der Waals surface area contributed by atoms with E-state index in [4.69, 9.17) is 11.6 Å². The molecular formula is C12H16ClNO2. The zero-order valence-corrected chi connectivity index (χ0v) is 10.5. The number of hydrogen-bond acceptors (Lipinski definition) is 2. The number of carbonyl (C=O) groups is 1. The Labute approximate surface area is 101 Å². The van der Waals surface area contributed by atoms with Crippen molar-refractivity contribution < 1.29 is 9.90 Å². The van der Waals surface area contributed by atoms with E-state index in [1.54, 1.807) is 25.2 Å². The lowest BCUT2D eigenvalue weighted by Crippen LogP contribution is -2.46. The Balaban J connectivity index is 3.00. The first-order chi connectivity index (χ1) is 7.40. The van der Waals surface area contributed by atoms with Crippen molar-refractivity contribution in [1.29, 1.82) is 0 Å². The average molecular weight is 242 g/mol. The SMILES string of the molecule is CN(C(=O)c1ccccc1O)C(C)(C)CCl. The average Bonchev–Trinajstić information content (AvgIpc) is 2.27. The van der Waals surface area contributed by atoms with Gasteiger partial charge in [0.05, 0.1) is 11.1 Å². The molecule has 0 radical (unpaired) electrons. The molecule has 4 heteroatoms. The van der Waals surface area contributed by atoms with Crippen molar-refractivity contribution in [3.8, 4) is 5.75 Å². The van der Waals surface area contributed by atoms with Gasteiger partial charge in [0.25, 0.3) is 5.91 Å². The highest BCUT2D eigenvalue weighted by Gasteiger charge is 2.28. The number of alkyl halides is 1. The van der Waals surface area contributed by atoms with Crippen LogP contribution in [-0.2, 0) is 0 Å². The van der Waals surface area contributed by atoms with E-state index in [2.05, 4.69) is 0 Å². The molecule has 3 nitrogen and oxygen atoms in total. The zero-order valence-electron chi connectivity index (χ0n) is 9.70. The number of nitrogens with zero attached hydrogens (tertiary/aromatic N) is 1. The van der Waals surface area contributed by atoms with Gasteiger partial charge in [-0.3, -0.25) is 4.79 Å². The second-order valence-corrected chi connectivity index (χ2v) is 4.59. The Kier molecular flexibility index (Phi) is 3.81. The monoisotopic (exact) mass is 241 g/mol. The predicted molar refractivity (Wildman–Crippen MR) is 65.0 cm³/mol. The van der Waals surface area contributed by atoms with Gasteiger partial charge in [0.1, 0.15) is 5.75 Å². The summed E-state index contributed by atoms with van der Waals surface area (Å²) < 4.78 is 0. The van der Waals surface area contributed by atoms with Crippen molar-refractivity contribution in [2.75, 3.05) is 12.9 Å². The van der Waals surface area contributed by atoms with Crippen molar-refractivity contribution in [2.24, 2.45) is 0 Å². The molecule has 1 rings (SSSR count). The minimum Gasteiger partial charge on any atom is -0.507 e. The highest BCUT2D eigenvalue weighted by molar-refractivity contribution is 6.18. The Morgan fingerprint density at radius 2 is 2.00 bits per heavy atom. The number of benzene rings is 1. The summed E-state index contributed by atoms with van der Waals surface area (Å²) in [6.45, 7) is 3.75. The van der Waals surface area contributed by atoms with Gasteiger partial charge in [0.15, 0.2) is 0 Å². The fraction of sp³-hybridized carbons (Fsp3) is 0.417. The number of aromatic hydroxyl groups is 1. The number of phenols is 1. The van der Waals surface area contributed by atoms with Crippen molar-refractivity contribution in [1.82, 2.24) is 4.90 Å². The number of phenolic OH excluding ortho intramolecular Hbond substituents is 1. The van der Waals surface area contributed by atoms with E-state index < -0.39 is 5.54 Å². The molecule has 88 valence electrons. The number of amides is 1. The summed E-state index contributed by atoms with van der Waals surface area (Å²) in [5.74, 6) is 0.0940. The van der Waals surface area contributed by atoms with Crippen LogP contribution in [0.4, 0.5) is 0 Å². The first-order valence-corrected chi connectivity index (χ1v) is 5.55. The number of hydrogen-bond donors (Lipinski definition) is 1. The Bertz CT molecular complexity index is 390. The molecule has 0 bridgehead atoms. The molecule has 0 saturated carbocycles. The molecule has 0 heterocycles. The van der Waals surface area contributed by atoms with Gasteiger partial charge in [-0.25, -0.2) is 0 Å². The third-order valence-electron chi connectivity index (χ3n) is 2.67. The summed E-state index contributed by atoms with van der Waals surface area (Å²) in [6.07, 6.45) is 0. The molecule has 0 aromatic heterocycles. The normalized spacial score (nSPS) is 11.2. The predicted octanol–water partition coefficient (Wildman–Crippen LogP) is 2.48. The van der Waals surface area contributed by atoms with E-state index in [-0.39, 0.29) is 11.7 Å². The van der Waals surface area contributed by atoms with Gasteiger partial charge in [-0.1, -0.05) is 12.1 Å². The van der Waals surface area contributed by atoms with Crippen LogP contribution in [0, 0.1) is 0 Å². The molecule has 0 spiro atoms. The first kappa shape index (κ1) is 12.8. The van der Waals surface area contributed by atoms with Gasteiger partial charge in [-0.2, -0.15) is 0 Å². The molecule has 0 aliphatic rings. The van der Waals surface area contributed by atoms with Gasteiger partial charge < -0.3 is 10.0 Å². The standard InChI is InChI=1S/C12H16ClNO2/c1-12(2,8-13)14(3)11(16)9-6-4-5-7-10(9)15/h4-7,15H,8H2,1-3H3. The lowest BCUT2D eigenvalue weighted by Gasteiger charge is -2.34. The molecule has 0 aliphatic heterocycles. The molecule has 1 aromatic carbocycles. The minimum atomic E-state index is -0.444. The molecule has 1 aromatic rings. The first-order valence-electron chi connectivity index (χ1n) is 5.02. The summed E-state index contributed by atoms with van der Waals surface area (Å²) in [5.41, 5.74) is -0.149. The Morgan fingerprint density at radius 3 is 2.50 bits per heavy atom. The maximum absolute atomic E-state index is 12.1. The van der Waals surface area contributed by atoms with Crippen LogP contribution in [0.25, 0.3) is 0 Å². The number of halogens is 1. The van der Waals surface area contributed by atoms with Crippen molar-refractivity contribution >= 4 is 17.5 Å². The fourth-order valence-corrected chi connectivity index (χ4v) is 1.38. The van der Waals surface area contributed by atoms with Gasteiger partial charge >= 0.3 is 0 Å². The molecule has 0 saturated heterocycles. The quantitative estimate of drug-likeness (QED) is 0.826. The minimum absolute atomic E-state index is 0.00952. The van der Waals surface area contributed by atoms with E-state index >= 15 is 0 Å². The van der Waals surface area contributed by atoms with Crippen molar-refractivity contribution in [3.63, 3.8) is 0 Å². The highest BCUT2D eigenvalue weighted by Crippen LogP contribution is 2.22. The Hall–Kier alpha value is -1.22. The topological polar surface area (TPSA) is 40.5 Å². The van der Waals surface area contributed by atoms with Crippen LogP contribution in [0.2, 0.25) is 0 Å². The zero-order chi connectivity index (χ0) is 12.3. The largest absolute Gasteiger partial charge is 0.507 e. The van der Waals surface area contributed by atoms with E-state index in [1.165, 1.54) is 11.0 Å². The van der Waals surface area contributed by atoms with E-state index in [0.717, 1.165) is 0 Å². The van der Waals surface area contributed by atoms with Crippen LogP contribution in [0.15, 0.2) is 24.3 Å². The lowest BCUT2D eigenvalue weighted by atomic mass is 10.0. The molecule has 1 amide bonds. The third-order valence-corrected chi connectivity index (χ3v) is 3.33. The number of carbonyl (C=O) groups excluding carboxylic acids is 1. The second-order valence-electron chi connectivity index (χ2n) is 4.33. The van der Waals surface area contributed by atoms with Gasteiger partial charge in [-0.05, 0) is 26.0 Å². The molecule has 0 unspecified atom stereocenters. The Morgan fingerprint density at radius 1 is 1.44 bits per heavy atom. The lowest BCUT2D eigenvalue weighted by molar-refractivity contribution is 0.0657. The summed E-state index contributed by atoms with van der Waals surface area (Å²) in [4.78, 5) is 13.6. The molecule has 0 fully saturated rings. The molecule has 1 N–H and O–H groups in total. The van der Waals surface area contributed by atoms with Crippen LogP contribution in [0.5, 0.6) is 5.75 Å². The van der Waals surface area contributed by atoms with Crippen molar-refractivity contribution in [3.05, 3.63) is 29.8 Å². The molecule has 0 atom stereocenters. The van der Waals surface area contributed by atoms with Gasteiger partial charge in [0.2, 0.25) is 0 Å². The summed E-state index contributed by atoms with van der Waals surface area (Å²) in [5, 5.41) is 9.59. The highest BCUT2D eigenvalue weighted by atomic mass is 35.5. The van der Waals surface area contributed by atoms with E-state index in [1.807, 2.05) is 13.8 Å². The van der Waals surface area contributed by atoms with Crippen LogP contribution < -0.4 is 0 Å². The molecular weight excluding hydrogens is 226 g/mol. The fourth-order valence-electron chi connectivity index (χ4n) is 1.20. The maximum atomic E-state index is 12.1. The maximum Gasteiger partial charge on any atom is 0.257 e. The smallest absolute Gasteiger partial charge is 0.257 e. The number of rotatable bonds is 3. The summed E-state index contributed by atoms with van der Waals surface area (Å²) in [6, 6.07) is 6.49.